The Balaban J connectivity index is 1.98. The smallest absolute Gasteiger partial charge is 0.0824 e. The minimum absolute atomic E-state index is 0.373. The van der Waals surface area contributed by atoms with Gasteiger partial charge in [0.1, 0.15) is 0 Å². The summed E-state index contributed by atoms with van der Waals surface area (Å²) in [5.41, 5.74) is 0. The van der Waals surface area contributed by atoms with Crippen LogP contribution in [0.5, 0.6) is 0 Å². The minimum Gasteiger partial charge on any atom is -0.374 e. The molecule has 2 atom stereocenters. The van der Waals surface area contributed by atoms with E-state index in [-0.39, 0.29) is 0 Å². The molecule has 1 rings (SSSR count). The Labute approximate surface area is 81.2 Å². The quantitative estimate of drug-likeness (QED) is 0.660. The van der Waals surface area contributed by atoms with Crippen LogP contribution < -0.4 is 10.6 Å². The highest BCUT2D eigenvalue weighted by atomic mass is 16.5. The zero-order chi connectivity index (χ0) is 9.52. The summed E-state index contributed by atoms with van der Waals surface area (Å²) >= 11 is 0. The topological polar surface area (TPSA) is 33.3 Å². The van der Waals surface area contributed by atoms with Crippen LogP contribution in [0.15, 0.2) is 0 Å². The molecule has 1 fully saturated rings. The molecule has 1 aliphatic heterocycles. The highest BCUT2D eigenvalue weighted by Crippen LogP contribution is 1.98. The molecule has 3 heteroatoms. The van der Waals surface area contributed by atoms with Gasteiger partial charge in [0.05, 0.1) is 12.7 Å². The molecule has 0 aromatic carbocycles. The normalized spacial score (nSPS) is 25.8. The summed E-state index contributed by atoms with van der Waals surface area (Å²) in [7, 11) is 0. The number of hydrogen-bond donors (Lipinski definition) is 2. The minimum atomic E-state index is 0.373. The van der Waals surface area contributed by atoms with Crippen molar-refractivity contribution in [1.82, 2.24) is 10.6 Å². The van der Waals surface area contributed by atoms with E-state index < -0.39 is 0 Å². The van der Waals surface area contributed by atoms with Gasteiger partial charge in [0.15, 0.2) is 0 Å². The Morgan fingerprint density at radius 3 is 3.08 bits per heavy atom. The van der Waals surface area contributed by atoms with E-state index in [0.717, 1.165) is 38.7 Å². The van der Waals surface area contributed by atoms with Gasteiger partial charge >= 0.3 is 0 Å². The lowest BCUT2D eigenvalue weighted by Crippen LogP contribution is -2.44. The molecule has 0 spiro atoms. The summed E-state index contributed by atoms with van der Waals surface area (Å²) in [6.45, 7) is 9.44. The maximum Gasteiger partial charge on any atom is 0.0824 e. The first kappa shape index (κ1) is 11.0. The van der Waals surface area contributed by atoms with Crippen LogP contribution in [0.4, 0.5) is 0 Å². The SMILES string of the molecule is CCC(C)CNCC1CNCCO1. The van der Waals surface area contributed by atoms with Gasteiger partial charge in [0, 0.05) is 19.6 Å². The van der Waals surface area contributed by atoms with Crippen LogP contribution in [0.25, 0.3) is 0 Å². The first-order chi connectivity index (χ1) is 6.33. The molecule has 0 amide bonds. The molecule has 0 aromatic rings. The molecule has 3 nitrogen and oxygen atoms in total. The maximum atomic E-state index is 5.57. The van der Waals surface area contributed by atoms with E-state index >= 15 is 0 Å². The van der Waals surface area contributed by atoms with Crippen molar-refractivity contribution in [3.05, 3.63) is 0 Å². The van der Waals surface area contributed by atoms with Crippen molar-refractivity contribution in [1.29, 1.82) is 0 Å². The van der Waals surface area contributed by atoms with E-state index in [9.17, 15) is 0 Å². The Kier molecular flexibility index (Phi) is 5.35. The van der Waals surface area contributed by atoms with Gasteiger partial charge in [-0.25, -0.2) is 0 Å². The lowest BCUT2D eigenvalue weighted by molar-refractivity contribution is 0.0288. The maximum absolute atomic E-state index is 5.57. The second-order valence-corrected chi connectivity index (χ2v) is 3.87. The number of ether oxygens (including phenoxy) is 1. The van der Waals surface area contributed by atoms with Gasteiger partial charge in [-0.1, -0.05) is 20.3 Å². The van der Waals surface area contributed by atoms with Crippen molar-refractivity contribution in [3.63, 3.8) is 0 Å². The zero-order valence-corrected chi connectivity index (χ0v) is 8.81. The molecule has 78 valence electrons. The van der Waals surface area contributed by atoms with Crippen LogP contribution in [-0.2, 0) is 4.74 Å². The van der Waals surface area contributed by atoms with Crippen LogP contribution >= 0.6 is 0 Å². The third-order valence-electron chi connectivity index (χ3n) is 2.57. The predicted molar refractivity (Wildman–Crippen MR) is 54.9 cm³/mol. The predicted octanol–water partition coefficient (Wildman–Crippen LogP) is 0.611. The molecule has 0 aliphatic carbocycles. The summed E-state index contributed by atoms with van der Waals surface area (Å²) in [5.74, 6) is 0.775. The third-order valence-corrected chi connectivity index (χ3v) is 2.57. The Hall–Kier alpha value is -0.120. The Bertz CT molecular complexity index is 124. The van der Waals surface area contributed by atoms with Gasteiger partial charge in [-0.15, -0.1) is 0 Å². The van der Waals surface area contributed by atoms with E-state index in [1.807, 2.05) is 0 Å². The Morgan fingerprint density at radius 1 is 1.62 bits per heavy atom. The molecule has 1 heterocycles. The highest BCUT2D eigenvalue weighted by molar-refractivity contribution is 4.69. The number of morpholine rings is 1. The van der Waals surface area contributed by atoms with E-state index in [0.29, 0.717) is 6.10 Å². The second kappa shape index (κ2) is 6.35. The fraction of sp³-hybridized carbons (Fsp3) is 1.00. The molecule has 0 saturated carbocycles. The molecule has 13 heavy (non-hydrogen) atoms. The van der Waals surface area contributed by atoms with Crippen molar-refractivity contribution >= 4 is 0 Å². The van der Waals surface area contributed by atoms with Gasteiger partial charge in [0.25, 0.3) is 0 Å². The van der Waals surface area contributed by atoms with Crippen LogP contribution in [0.3, 0.4) is 0 Å². The van der Waals surface area contributed by atoms with Crippen molar-refractivity contribution in [3.8, 4) is 0 Å². The van der Waals surface area contributed by atoms with Crippen LogP contribution in [0, 0.1) is 5.92 Å². The zero-order valence-electron chi connectivity index (χ0n) is 8.81. The van der Waals surface area contributed by atoms with Crippen molar-refractivity contribution in [2.24, 2.45) is 5.92 Å². The van der Waals surface area contributed by atoms with E-state index in [4.69, 9.17) is 4.74 Å². The van der Waals surface area contributed by atoms with Gasteiger partial charge in [-0.05, 0) is 12.5 Å². The molecule has 0 bridgehead atoms. The number of hydrogen-bond acceptors (Lipinski definition) is 3. The number of nitrogens with one attached hydrogen (secondary N) is 2. The Morgan fingerprint density at radius 2 is 2.46 bits per heavy atom. The van der Waals surface area contributed by atoms with Crippen LogP contribution in [0.2, 0.25) is 0 Å². The molecule has 1 saturated heterocycles. The highest BCUT2D eigenvalue weighted by Gasteiger charge is 2.12. The molecule has 2 unspecified atom stereocenters. The largest absolute Gasteiger partial charge is 0.374 e. The molecule has 0 aromatic heterocycles. The van der Waals surface area contributed by atoms with Crippen LogP contribution in [-0.4, -0.2) is 38.9 Å². The molecular formula is C10H22N2O. The standard InChI is InChI=1S/C10H22N2O/c1-3-9(2)6-12-8-10-7-11-4-5-13-10/h9-12H,3-8H2,1-2H3. The molecule has 2 N–H and O–H groups in total. The number of rotatable bonds is 5. The first-order valence-electron chi connectivity index (χ1n) is 5.36. The lowest BCUT2D eigenvalue weighted by atomic mass is 10.1. The lowest BCUT2D eigenvalue weighted by Gasteiger charge is -2.24. The van der Waals surface area contributed by atoms with Crippen molar-refractivity contribution < 1.29 is 4.74 Å². The van der Waals surface area contributed by atoms with E-state index in [1.165, 1.54) is 6.42 Å². The van der Waals surface area contributed by atoms with Crippen molar-refractivity contribution in [2.45, 2.75) is 26.4 Å². The third kappa shape index (κ3) is 4.60. The first-order valence-corrected chi connectivity index (χ1v) is 5.36. The molecule has 0 radical (unpaired) electrons. The summed E-state index contributed by atoms with van der Waals surface area (Å²) in [5, 5.41) is 6.76. The van der Waals surface area contributed by atoms with Gasteiger partial charge in [-0.2, -0.15) is 0 Å². The molecular weight excluding hydrogens is 164 g/mol. The summed E-state index contributed by atoms with van der Waals surface area (Å²) in [6.07, 6.45) is 1.62. The van der Waals surface area contributed by atoms with Crippen LogP contribution in [0.1, 0.15) is 20.3 Å². The van der Waals surface area contributed by atoms with Gasteiger partial charge in [-0.3, -0.25) is 0 Å². The molecule has 1 aliphatic rings. The van der Waals surface area contributed by atoms with E-state index in [2.05, 4.69) is 24.5 Å². The monoisotopic (exact) mass is 186 g/mol. The van der Waals surface area contributed by atoms with Gasteiger partial charge < -0.3 is 15.4 Å². The summed E-state index contributed by atoms with van der Waals surface area (Å²) in [6, 6.07) is 0. The average Bonchev–Trinajstić information content (AvgIpc) is 2.19. The summed E-state index contributed by atoms with van der Waals surface area (Å²) in [4.78, 5) is 0. The fourth-order valence-corrected chi connectivity index (χ4v) is 1.39. The fourth-order valence-electron chi connectivity index (χ4n) is 1.39. The summed E-state index contributed by atoms with van der Waals surface area (Å²) < 4.78 is 5.57. The van der Waals surface area contributed by atoms with Gasteiger partial charge in [0.2, 0.25) is 0 Å². The van der Waals surface area contributed by atoms with Crippen molar-refractivity contribution in [2.75, 3.05) is 32.8 Å². The average molecular weight is 186 g/mol. The van der Waals surface area contributed by atoms with E-state index in [1.54, 1.807) is 0 Å². The second-order valence-electron chi connectivity index (χ2n) is 3.87.